The first kappa shape index (κ1) is 22.7. The second-order valence-corrected chi connectivity index (χ2v) is 8.86. The van der Waals surface area contributed by atoms with E-state index in [0.717, 1.165) is 52.0 Å². The van der Waals surface area contributed by atoms with Crippen LogP contribution in [0.4, 0.5) is 0 Å². The molecule has 0 saturated heterocycles. The van der Waals surface area contributed by atoms with Crippen LogP contribution < -0.4 is 10.2 Å². The lowest BCUT2D eigenvalue weighted by Crippen LogP contribution is -2.18. The minimum Gasteiger partial charge on any atom is -0.494 e. The van der Waals surface area contributed by atoms with Gasteiger partial charge in [-0.1, -0.05) is 50.6 Å². The molecule has 0 atom stereocenters. The number of nitrogens with zero attached hydrogens (tertiary/aromatic N) is 2. The van der Waals surface area contributed by atoms with Crippen LogP contribution in [0.5, 0.6) is 5.75 Å². The van der Waals surface area contributed by atoms with Gasteiger partial charge in [0.25, 0.3) is 5.91 Å². The lowest BCUT2D eigenvalue weighted by atomic mass is 10.0. The van der Waals surface area contributed by atoms with Gasteiger partial charge in [0.15, 0.2) is 0 Å². The Morgan fingerprint density at radius 3 is 2.79 bits per heavy atom. The molecule has 0 saturated carbocycles. The molecule has 4 rings (SSSR count). The van der Waals surface area contributed by atoms with E-state index in [4.69, 9.17) is 9.72 Å². The van der Waals surface area contributed by atoms with Gasteiger partial charge in [-0.2, -0.15) is 5.10 Å². The number of pyridine rings is 1. The first-order valence-electron chi connectivity index (χ1n) is 11.2. The van der Waals surface area contributed by atoms with Crippen molar-refractivity contribution in [3.63, 3.8) is 0 Å². The first-order chi connectivity index (χ1) is 16.2. The van der Waals surface area contributed by atoms with E-state index in [-0.39, 0.29) is 5.91 Å². The van der Waals surface area contributed by atoms with E-state index < -0.39 is 0 Å². The quantitative estimate of drug-likeness (QED) is 0.178. The van der Waals surface area contributed by atoms with Crippen molar-refractivity contribution in [2.45, 2.75) is 33.1 Å². The Labute approximate surface area is 198 Å². The number of aromatic nitrogens is 1. The van der Waals surface area contributed by atoms with Gasteiger partial charge in [-0.3, -0.25) is 4.79 Å². The van der Waals surface area contributed by atoms with Gasteiger partial charge in [-0.05, 0) is 49.2 Å². The van der Waals surface area contributed by atoms with Gasteiger partial charge in [0.05, 0.1) is 29.6 Å². The monoisotopic (exact) mass is 457 g/mol. The predicted molar refractivity (Wildman–Crippen MR) is 136 cm³/mol. The summed E-state index contributed by atoms with van der Waals surface area (Å²) in [5, 5.41) is 4.96. The second kappa shape index (κ2) is 10.9. The van der Waals surface area contributed by atoms with Crippen molar-refractivity contribution in [2.24, 2.45) is 5.10 Å². The molecule has 0 aliphatic rings. The van der Waals surface area contributed by atoms with Crippen molar-refractivity contribution < 1.29 is 9.53 Å². The number of para-hydroxylation sites is 1. The molecule has 168 valence electrons. The van der Waals surface area contributed by atoms with E-state index in [1.807, 2.05) is 60.7 Å². The minimum absolute atomic E-state index is 0.270. The highest BCUT2D eigenvalue weighted by Crippen LogP contribution is 2.27. The minimum atomic E-state index is -0.270. The molecule has 1 N–H and O–H groups in total. The summed E-state index contributed by atoms with van der Waals surface area (Å²) in [5.41, 5.74) is 5.58. The van der Waals surface area contributed by atoms with E-state index in [9.17, 15) is 4.79 Å². The van der Waals surface area contributed by atoms with Crippen molar-refractivity contribution in [3.8, 4) is 17.0 Å². The number of hydrogen-bond donors (Lipinski definition) is 1. The van der Waals surface area contributed by atoms with Gasteiger partial charge >= 0.3 is 0 Å². The summed E-state index contributed by atoms with van der Waals surface area (Å²) in [6, 6.07) is 21.4. The molecule has 33 heavy (non-hydrogen) atoms. The molecule has 2 heterocycles. The summed E-state index contributed by atoms with van der Waals surface area (Å²) >= 11 is 1.67. The maximum absolute atomic E-state index is 13.1. The number of unbranched alkanes of at least 4 members (excludes halogenated alkanes) is 1. The van der Waals surface area contributed by atoms with Crippen LogP contribution in [0.2, 0.25) is 0 Å². The molecule has 4 aromatic rings. The van der Waals surface area contributed by atoms with Gasteiger partial charge in [0, 0.05) is 20.7 Å². The lowest BCUT2D eigenvalue weighted by molar-refractivity contribution is 0.0956. The van der Waals surface area contributed by atoms with Crippen LogP contribution in [-0.2, 0) is 6.42 Å². The average Bonchev–Trinajstić information content (AvgIpc) is 3.31. The molecule has 0 unspecified atom stereocenters. The summed E-state index contributed by atoms with van der Waals surface area (Å²) < 4.78 is 5.85. The number of benzene rings is 2. The number of nitrogens with one attached hydrogen (secondary N) is 1. The van der Waals surface area contributed by atoms with Crippen LogP contribution in [0.3, 0.4) is 0 Å². The van der Waals surface area contributed by atoms with Crippen molar-refractivity contribution >= 4 is 34.4 Å². The third-order valence-electron chi connectivity index (χ3n) is 5.25. The fourth-order valence-electron chi connectivity index (χ4n) is 3.46. The second-order valence-electron chi connectivity index (χ2n) is 7.66. The van der Waals surface area contributed by atoms with Crippen molar-refractivity contribution in [1.29, 1.82) is 0 Å². The van der Waals surface area contributed by atoms with E-state index in [2.05, 4.69) is 30.4 Å². The summed E-state index contributed by atoms with van der Waals surface area (Å²) in [6.45, 7) is 4.94. The van der Waals surface area contributed by atoms with Gasteiger partial charge in [-0.25, -0.2) is 10.4 Å². The number of carbonyl (C=O) groups excluding carboxylic acids is 1. The van der Waals surface area contributed by atoms with Crippen molar-refractivity contribution in [3.05, 3.63) is 82.0 Å². The highest BCUT2D eigenvalue weighted by Gasteiger charge is 2.14. The molecule has 1 amide bonds. The number of aryl methyl sites for hydroxylation is 1. The molecule has 0 aliphatic carbocycles. The number of hydrogen-bond acceptors (Lipinski definition) is 5. The molecule has 0 fully saturated rings. The Hall–Kier alpha value is -3.51. The summed E-state index contributed by atoms with van der Waals surface area (Å²) in [7, 11) is 0. The van der Waals surface area contributed by atoms with Crippen molar-refractivity contribution in [1.82, 2.24) is 10.4 Å². The fourth-order valence-corrected chi connectivity index (χ4v) is 4.28. The molecule has 0 spiro atoms. The van der Waals surface area contributed by atoms with Gasteiger partial charge < -0.3 is 4.74 Å². The van der Waals surface area contributed by atoms with E-state index in [0.29, 0.717) is 12.2 Å². The number of thiophene rings is 1. The summed E-state index contributed by atoms with van der Waals surface area (Å²) in [5.74, 6) is 0.530. The predicted octanol–water partition coefficient (Wildman–Crippen LogP) is 6.47. The molecule has 5 nitrogen and oxygen atoms in total. The molecule has 0 bridgehead atoms. The number of hydrazone groups is 1. The molecule has 2 aromatic carbocycles. The smallest absolute Gasteiger partial charge is 0.272 e. The maximum Gasteiger partial charge on any atom is 0.272 e. The first-order valence-corrected chi connectivity index (χ1v) is 12.0. The van der Waals surface area contributed by atoms with E-state index >= 15 is 0 Å². The zero-order chi connectivity index (χ0) is 23.0. The Kier molecular flexibility index (Phi) is 7.47. The topological polar surface area (TPSA) is 63.6 Å². The standard InChI is InChI=1S/C27H27N3O2S/c1-3-5-15-32-20-10-8-9-19(16-20)26-17-24(23-11-6-7-12-25(23)29-26)27(31)30-28-18-22-14-13-21(4-2)33-22/h6-14,16-18H,3-5,15H2,1-2H3,(H,30,31). The number of rotatable bonds is 9. The van der Waals surface area contributed by atoms with Gasteiger partial charge in [0.1, 0.15) is 5.75 Å². The zero-order valence-electron chi connectivity index (χ0n) is 18.9. The Morgan fingerprint density at radius 1 is 1.09 bits per heavy atom. The van der Waals surface area contributed by atoms with Crippen LogP contribution in [-0.4, -0.2) is 23.7 Å². The third-order valence-corrected chi connectivity index (χ3v) is 6.41. The molecule has 0 aliphatic heterocycles. The van der Waals surface area contributed by atoms with Crippen LogP contribution in [0.15, 0.2) is 71.8 Å². The Morgan fingerprint density at radius 2 is 1.97 bits per heavy atom. The molecular weight excluding hydrogens is 430 g/mol. The maximum atomic E-state index is 13.1. The van der Waals surface area contributed by atoms with E-state index in [1.165, 1.54) is 4.88 Å². The number of amides is 1. The molecule has 2 aromatic heterocycles. The number of ether oxygens (including phenoxy) is 1. The Balaban J connectivity index is 1.61. The van der Waals surface area contributed by atoms with Crippen LogP contribution in [0.1, 0.15) is 46.8 Å². The number of carbonyl (C=O) groups is 1. The van der Waals surface area contributed by atoms with E-state index in [1.54, 1.807) is 17.6 Å². The highest BCUT2D eigenvalue weighted by molar-refractivity contribution is 7.13. The third kappa shape index (κ3) is 5.65. The largest absolute Gasteiger partial charge is 0.494 e. The normalized spacial score (nSPS) is 11.2. The Bertz CT molecular complexity index is 1280. The summed E-state index contributed by atoms with van der Waals surface area (Å²) in [4.78, 5) is 20.1. The zero-order valence-corrected chi connectivity index (χ0v) is 19.7. The fraction of sp³-hybridized carbons (Fsp3) is 0.222. The number of fused-ring (bicyclic) bond motifs is 1. The van der Waals surface area contributed by atoms with Gasteiger partial charge in [-0.15, -0.1) is 11.3 Å². The van der Waals surface area contributed by atoms with Crippen LogP contribution >= 0.6 is 11.3 Å². The van der Waals surface area contributed by atoms with Crippen molar-refractivity contribution in [2.75, 3.05) is 6.61 Å². The molecule has 6 heteroatoms. The van der Waals surface area contributed by atoms with Gasteiger partial charge in [0.2, 0.25) is 0 Å². The van der Waals surface area contributed by atoms with Crippen LogP contribution in [0.25, 0.3) is 22.2 Å². The average molecular weight is 458 g/mol. The van der Waals surface area contributed by atoms with Crippen LogP contribution in [0, 0.1) is 0 Å². The lowest BCUT2D eigenvalue weighted by Gasteiger charge is -2.10. The SMILES string of the molecule is CCCCOc1cccc(-c2cc(C(=O)NN=Cc3ccc(CC)s3)c3ccccc3n2)c1. The molecular formula is C27H27N3O2S. The molecule has 0 radical (unpaired) electrons. The summed E-state index contributed by atoms with van der Waals surface area (Å²) in [6.07, 6.45) is 4.76. The highest BCUT2D eigenvalue weighted by atomic mass is 32.1.